The summed E-state index contributed by atoms with van der Waals surface area (Å²) in [5.74, 6) is 0.109. The van der Waals surface area contributed by atoms with Crippen LogP contribution in [-0.4, -0.2) is 19.2 Å². The Morgan fingerprint density at radius 3 is 2.04 bits per heavy atom. The Morgan fingerprint density at radius 2 is 1.50 bits per heavy atom. The first-order chi connectivity index (χ1) is 13.6. The summed E-state index contributed by atoms with van der Waals surface area (Å²) < 4.78 is 35.1. The molecule has 0 aliphatic heterocycles. The second-order valence-electron chi connectivity index (χ2n) is 5.69. The highest BCUT2D eigenvalue weighted by Gasteiger charge is 2.35. The summed E-state index contributed by atoms with van der Waals surface area (Å²) in [7, 11) is -2.82. The molecule has 0 aromatic heterocycles. The van der Waals surface area contributed by atoms with Gasteiger partial charge in [-0.2, -0.15) is 0 Å². The van der Waals surface area contributed by atoms with Gasteiger partial charge in [0.1, 0.15) is 17.6 Å². The topological polar surface area (TPSA) is 71.1 Å². The molecule has 3 rings (SSSR count). The van der Waals surface area contributed by atoms with Gasteiger partial charge in [-0.25, -0.2) is 9.36 Å². The van der Waals surface area contributed by atoms with Gasteiger partial charge >= 0.3 is 13.8 Å². The molecule has 0 N–H and O–H groups in total. The predicted molar refractivity (Wildman–Crippen MR) is 105 cm³/mol. The van der Waals surface area contributed by atoms with Crippen molar-refractivity contribution in [1.82, 2.24) is 0 Å². The Bertz CT molecular complexity index is 888. The van der Waals surface area contributed by atoms with Gasteiger partial charge in [0.2, 0.25) is 0 Å². The normalized spacial score (nSPS) is 17.3. The zero-order valence-corrected chi connectivity index (χ0v) is 16.0. The maximum atomic E-state index is 13.5. The second-order valence-corrected chi connectivity index (χ2v) is 7.16. The van der Waals surface area contributed by atoms with Crippen LogP contribution in [0.1, 0.15) is 0 Å². The summed E-state index contributed by atoms with van der Waals surface area (Å²) in [6.07, 6.45) is 7.20. The summed E-state index contributed by atoms with van der Waals surface area (Å²) in [6, 6.07) is 17.2. The molecule has 2 aromatic carbocycles. The van der Waals surface area contributed by atoms with Crippen molar-refractivity contribution in [1.29, 1.82) is 0 Å². The lowest BCUT2D eigenvalue weighted by Crippen LogP contribution is -2.18. The highest BCUT2D eigenvalue weighted by atomic mass is 31.2. The van der Waals surface area contributed by atoms with Crippen LogP contribution in [-0.2, 0) is 18.6 Å². The van der Waals surface area contributed by atoms with E-state index >= 15 is 0 Å². The van der Waals surface area contributed by atoms with Gasteiger partial charge in [-0.15, -0.1) is 0 Å². The Labute approximate surface area is 163 Å². The molecule has 0 bridgehead atoms. The molecule has 1 unspecified atom stereocenters. The number of carbonyl (C=O) groups excluding carboxylic acids is 1. The summed E-state index contributed by atoms with van der Waals surface area (Å²) >= 11 is 0. The van der Waals surface area contributed by atoms with E-state index in [1.54, 1.807) is 72.8 Å². The van der Waals surface area contributed by atoms with E-state index in [0.717, 1.165) is 0 Å². The maximum Gasteiger partial charge on any atom is 0.588 e. The molecule has 0 amide bonds. The lowest BCUT2D eigenvalue weighted by Gasteiger charge is -2.24. The molecule has 144 valence electrons. The number of rotatable bonds is 7. The van der Waals surface area contributed by atoms with Crippen molar-refractivity contribution in [2.45, 2.75) is 6.10 Å². The number of hydrogen-bond donors (Lipinski definition) is 0. The van der Waals surface area contributed by atoms with Gasteiger partial charge in [0, 0.05) is 6.08 Å². The second kappa shape index (κ2) is 9.22. The Hall–Kier alpha value is -3.08. The van der Waals surface area contributed by atoms with E-state index in [1.807, 2.05) is 12.1 Å². The largest absolute Gasteiger partial charge is 0.588 e. The zero-order valence-electron chi connectivity index (χ0n) is 15.1. The fourth-order valence-corrected chi connectivity index (χ4v) is 3.73. The van der Waals surface area contributed by atoms with E-state index in [1.165, 1.54) is 13.2 Å². The van der Waals surface area contributed by atoms with Gasteiger partial charge in [0.05, 0.1) is 7.11 Å². The number of phosphoric acid groups is 1. The van der Waals surface area contributed by atoms with Crippen molar-refractivity contribution in [2.75, 3.05) is 7.11 Å². The Morgan fingerprint density at radius 1 is 0.929 bits per heavy atom. The summed E-state index contributed by atoms with van der Waals surface area (Å²) in [5.41, 5.74) is 0.461. The van der Waals surface area contributed by atoms with E-state index in [-0.39, 0.29) is 0 Å². The fraction of sp³-hybridized carbons (Fsp3) is 0.0952. The Balaban J connectivity index is 1.88. The minimum absolute atomic E-state index is 0.329. The van der Waals surface area contributed by atoms with Gasteiger partial charge in [0.25, 0.3) is 0 Å². The maximum absolute atomic E-state index is 13.5. The summed E-state index contributed by atoms with van der Waals surface area (Å²) in [6.45, 7) is 0. The first kappa shape index (κ1) is 19.7. The van der Waals surface area contributed by atoms with Gasteiger partial charge in [-0.3, -0.25) is 4.52 Å². The number of phosphoric ester groups is 1. The number of para-hydroxylation sites is 2. The van der Waals surface area contributed by atoms with Crippen LogP contribution in [0.2, 0.25) is 0 Å². The summed E-state index contributed by atoms with van der Waals surface area (Å²) in [4.78, 5) is 11.6. The van der Waals surface area contributed by atoms with E-state index in [0.29, 0.717) is 17.1 Å². The predicted octanol–water partition coefficient (Wildman–Crippen LogP) is 4.86. The first-order valence-corrected chi connectivity index (χ1v) is 9.96. The molecule has 2 aromatic rings. The van der Waals surface area contributed by atoms with Gasteiger partial charge < -0.3 is 13.8 Å². The number of methoxy groups -OCH3 is 1. The fourth-order valence-electron chi connectivity index (χ4n) is 2.38. The van der Waals surface area contributed by atoms with Gasteiger partial charge in [-0.1, -0.05) is 60.7 Å². The average Bonchev–Trinajstić information content (AvgIpc) is 2.70. The van der Waals surface area contributed by atoms with Crippen molar-refractivity contribution < 1.29 is 27.7 Å². The van der Waals surface area contributed by atoms with Crippen LogP contribution in [0.25, 0.3) is 0 Å². The third kappa shape index (κ3) is 5.46. The molecule has 1 aliphatic rings. The van der Waals surface area contributed by atoms with Crippen LogP contribution in [0.3, 0.4) is 0 Å². The molecule has 0 spiro atoms. The molecule has 0 saturated carbocycles. The third-order valence-electron chi connectivity index (χ3n) is 3.66. The quantitative estimate of drug-likeness (QED) is 0.377. The van der Waals surface area contributed by atoms with E-state index in [2.05, 4.69) is 4.74 Å². The number of allylic oxidation sites excluding steroid dienone is 2. The standard InChI is InChI=1S/C21H19O6P/c1-24-21(22)16-17-10-8-9-15-20(17)27-28(23,25-18-11-4-2-5-12-18)26-19-13-6-3-7-14-19/h2-16,20H,1H3. The molecule has 0 radical (unpaired) electrons. The molecule has 0 fully saturated rings. The van der Waals surface area contributed by atoms with E-state index in [4.69, 9.17) is 13.6 Å². The van der Waals surface area contributed by atoms with Crippen molar-refractivity contribution in [3.63, 3.8) is 0 Å². The highest BCUT2D eigenvalue weighted by molar-refractivity contribution is 7.49. The number of esters is 1. The molecular weight excluding hydrogens is 379 g/mol. The molecule has 0 heterocycles. The lowest BCUT2D eigenvalue weighted by atomic mass is 10.0. The first-order valence-electron chi connectivity index (χ1n) is 8.50. The number of benzene rings is 2. The minimum atomic E-state index is -4.10. The SMILES string of the molecule is COC(=O)C=C1C=CC=CC1OP(=O)(Oc1ccccc1)Oc1ccccc1. The van der Waals surface area contributed by atoms with Crippen molar-refractivity contribution >= 4 is 13.8 Å². The van der Waals surface area contributed by atoms with E-state index < -0.39 is 19.9 Å². The molecule has 7 heteroatoms. The molecule has 0 saturated heterocycles. The average molecular weight is 398 g/mol. The molecular formula is C21H19O6P. The number of hydrogen-bond acceptors (Lipinski definition) is 6. The highest BCUT2D eigenvalue weighted by Crippen LogP contribution is 2.51. The van der Waals surface area contributed by atoms with Crippen LogP contribution < -0.4 is 9.05 Å². The molecule has 1 aliphatic carbocycles. The molecule has 6 nitrogen and oxygen atoms in total. The van der Waals surface area contributed by atoms with Gasteiger partial charge in [0.15, 0.2) is 0 Å². The lowest BCUT2D eigenvalue weighted by molar-refractivity contribution is -0.134. The number of ether oxygens (including phenoxy) is 1. The monoisotopic (exact) mass is 398 g/mol. The summed E-state index contributed by atoms with van der Waals surface area (Å²) in [5, 5.41) is 0. The van der Waals surface area contributed by atoms with Crippen molar-refractivity contribution in [2.24, 2.45) is 0 Å². The zero-order chi connectivity index (χ0) is 19.8. The van der Waals surface area contributed by atoms with Gasteiger partial charge in [-0.05, 0) is 29.8 Å². The van der Waals surface area contributed by atoms with Crippen molar-refractivity contribution in [3.05, 3.63) is 96.6 Å². The van der Waals surface area contributed by atoms with Crippen LogP contribution >= 0.6 is 7.82 Å². The molecule has 28 heavy (non-hydrogen) atoms. The van der Waals surface area contributed by atoms with Crippen LogP contribution in [0, 0.1) is 0 Å². The number of carbonyl (C=O) groups is 1. The van der Waals surface area contributed by atoms with Crippen LogP contribution in [0.5, 0.6) is 11.5 Å². The minimum Gasteiger partial charge on any atom is -0.466 e. The smallest absolute Gasteiger partial charge is 0.466 e. The molecule has 1 atom stereocenters. The third-order valence-corrected chi connectivity index (χ3v) is 5.02. The van der Waals surface area contributed by atoms with Crippen LogP contribution in [0.15, 0.2) is 96.6 Å². The Kier molecular flexibility index (Phi) is 6.48. The van der Waals surface area contributed by atoms with E-state index in [9.17, 15) is 9.36 Å². The van der Waals surface area contributed by atoms with Crippen molar-refractivity contribution in [3.8, 4) is 11.5 Å². The van der Waals surface area contributed by atoms with Crippen LogP contribution in [0.4, 0.5) is 0 Å².